The van der Waals surface area contributed by atoms with E-state index in [1.807, 2.05) is 0 Å². The van der Waals surface area contributed by atoms with E-state index in [1.54, 1.807) is 0 Å². The molecule has 0 unspecified atom stereocenters. The molecule has 0 aromatic heterocycles. The quantitative estimate of drug-likeness (QED) is 0.641. The van der Waals surface area contributed by atoms with Crippen molar-refractivity contribution < 1.29 is 13.9 Å². The number of hydrogen-bond acceptors (Lipinski definition) is 2. The van der Waals surface area contributed by atoms with Gasteiger partial charge in [0.25, 0.3) is 0 Å². The first-order valence-electron chi connectivity index (χ1n) is 8.98. The van der Waals surface area contributed by atoms with Crippen molar-refractivity contribution in [1.29, 1.82) is 0 Å². The monoisotopic (exact) mass is 298 g/mol. The fourth-order valence-electron chi connectivity index (χ4n) is 4.36. The second kappa shape index (κ2) is 8.75. The number of rotatable bonds is 6. The van der Waals surface area contributed by atoms with Crippen LogP contribution in [-0.4, -0.2) is 18.7 Å². The molecule has 0 saturated heterocycles. The Kier molecular flexibility index (Phi) is 6.98. The lowest BCUT2D eigenvalue weighted by Gasteiger charge is -2.37. The van der Waals surface area contributed by atoms with Crippen molar-refractivity contribution in [2.75, 3.05) is 6.67 Å². The van der Waals surface area contributed by atoms with Crippen molar-refractivity contribution in [3.05, 3.63) is 0 Å². The molecule has 2 fully saturated rings. The van der Waals surface area contributed by atoms with Gasteiger partial charge in [-0.2, -0.15) is 0 Å². The minimum Gasteiger partial charge on any atom is -0.462 e. The van der Waals surface area contributed by atoms with Gasteiger partial charge < -0.3 is 4.74 Å². The van der Waals surface area contributed by atoms with E-state index in [0.29, 0.717) is 0 Å². The van der Waals surface area contributed by atoms with E-state index in [1.165, 1.54) is 51.4 Å². The lowest BCUT2D eigenvalue weighted by molar-refractivity contribution is -0.151. The summed E-state index contributed by atoms with van der Waals surface area (Å²) >= 11 is 0. The van der Waals surface area contributed by atoms with E-state index in [2.05, 4.69) is 6.92 Å². The Balaban J connectivity index is 1.66. The minimum atomic E-state index is -0.602. The molecule has 0 atom stereocenters. The van der Waals surface area contributed by atoms with Crippen molar-refractivity contribution >= 4 is 5.97 Å². The standard InChI is InChI=1S/C18H31FO2/c1-2-3-14-4-6-15(7-5-14)16-8-10-17(11-9-16)21-18(20)12-13-19/h14-17H,2-13H2,1H3. The lowest BCUT2D eigenvalue weighted by atomic mass is 9.70. The highest BCUT2D eigenvalue weighted by Gasteiger charge is 2.31. The normalized spacial score (nSPS) is 33.6. The molecule has 0 bridgehead atoms. The highest BCUT2D eigenvalue weighted by molar-refractivity contribution is 5.69. The van der Waals surface area contributed by atoms with Crippen LogP contribution in [0.15, 0.2) is 0 Å². The maximum atomic E-state index is 12.1. The third kappa shape index (κ3) is 5.27. The van der Waals surface area contributed by atoms with Crippen LogP contribution in [0.4, 0.5) is 4.39 Å². The molecule has 3 heteroatoms. The molecule has 2 aliphatic rings. The Bertz CT molecular complexity index is 302. The van der Waals surface area contributed by atoms with Gasteiger partial charge in [0.15, 0.2) is 0 Å². The van der Waals surface area contributed by atoms with Crippen LogP contribution in [-0.2, 0) is 9.53 Å². The maximum absolute atomic E-state index is 12.1. The van der Waals surface area contributed by atoms with Gasteiger partial charge >= 0.3 is 5.97 Å². The number of carbonyl (C=O) groups is 1. The average molecular weight is 298 g/mol. The molecular formula is C18H31FO2. The predicted octanol–water partition coefficient (Wildman–Crippen LogP) is 5.05. The van der Waals surface area contributed by atoms with E-state index in [0.717, 1.165) is 30.6 Å². The zero-order valence-corrected chi connectivity index (χ0v) is 13.5. The van der Waals surface area contributed by atoms with Gasteiger partial charge in [-0.3, -0.25) is 9.18 Å². The van der Waals surface area contributed by atoms with Crippen molar-refractivity contribution in [2.24, 2.45) is 17.8 Å². The molecule has 122 valence electrons. The van der Waals surface area contributed by atoms with E-state index >= 15 is 0 Å². The van der Waals surface area contributed by atoms with Gasteiger partial charge in [-0.15, -0.1) is 0 Å². The van der Waals surface area contributed by atoms with Crippen molar-refractivity contribution in [2.45, 2.75) is 83.7 Å². The summed E-state index contributed by atoms with van der Waals surface area (Å²) in [5, 5.41) is 0. The van der Waals surface area contributed by atoms with Gasteiger partial charge in [-0.05, 0) is 56.3 Å². The third-order valence-corrected chi connectivity index (χ3v) is 5.57. The summed E-state index contributed by atoms with van der Waals surface area (Å²) in [7, 11) is 0. The fraction of sp³-hybridized carbons (Fsp3) is 0.944. The number of esters is 1. The molecule has 0 N–H and O–H groups in total. The van der Waals surface area contributed by atoms with Gasteiger partial charge in [0.05, 0.1) is 13.1 Å². The summed E-state index contributed by atoms with van der Waals surface area (Å²) in [6.45, 7) is 1.69. The van der Waals surface area contributed by atoms with Crippen LogP contribution in [0.5, 0.6) is 0 Å². The first kappa shape index (κ1) is 16.8. The molecule has 2 rings (SSSR count). The zero-order chi connectivity index (χ0) is 15.1. The summed E-state index contributed by atoms with van der Waals surface area (Å²) in [6, 6.07) is 0. The fourth-order valence-corrected chi connectivity index (χ4v) is 4.36. The first-order chi connectivity index (χ1) is 10.2. The maximum Gasteiger partial charge on any atom is 0.308 e. The van der Waals surface area contributed by atoms with E-state index in [4.69, 9.17) is 4.74 Å². The van der Waals surface area contributed by atoms with Crippen LogP contribution >= 0.6 is 0 Å². The van der Waals surface area contributed by atoms with E-state index in [-0.39, 0.29) is 18.5 Å². The summed E-state index contributed by atoms with van der Waals surface area (Å²) in [5.41, 5.74) is 0. The average Bonchev–Trinajstić information content (AvgIpc) is 2.49. The molecule has 0 aromatic carbocycles. The number of halogens is 1. The number of ether oxygens (including phenoxy) is 1. The molecule has 0 aliphatic heterocycles. The molecule has 0 spiro atoms. The highest BCUT2D eigenvalue weighted by Crippen LogP contribution is 2.41. The highest BCUT2D eigenvalue weighted by atomic mass is 19.1. The van der Waals surface area contributed by atoms with Gasteiger partial charge in [-0.1, -0.05) is 32.6 Å². The van der Waals surface area contributed by atoms with Crippen LogP contribution in [0.1, 0.15) is 77.6 Å². The third-order valence-electron chi connectivity index (χ3n) is 5.57. The van der Waals surface area contributed by atoms with Crippen molar-refractivity contribution in [3.63, 3.8) is 0 Å². The second-order valence-electron chi connectivity index (χ2n) is 7.04. The van der Waals surface area contributed by atoms with Crippen LogP contribution in [0.2, 0.25) is 0 Å². The largest absolute Gasteiger partial charge is 0.462 e. The van der Waals surface area contributed by atoms with Crippen LogP contribution < -0.4 is 0 Å². The molecule has 2 aliphatic carbocycles. The lowest BCUT2D eigenvalue weighted by Crippen LogP contribution is -2.29. The predicted molar refractivity (Wildman–Crippen MR) is 82.8 cm³/mol. The first-order valence-corrected chi connectivity index (χ1v) is 8.98. The molecular weight excluding hydrogens is 267 g/mol. The molecule has 21 heavy (non-hydrogen) atoms. The van der Waals surface area contributed by atoms with Gasteiger partial charge in [0.1, 0.15) is 6.10 Å². The Labute approximate surface area is 128 Å². The smallest absolute Gasteiger partial charge is 0.308 e. The SMILES string of the molecule is CCCC1CCC(C2CCC(OC(=O)CCF)CC2)CC1. The molecule has 0 radical (unpaired) electrons. The Morgan fingerprint density at radius 1 is 1.00 bits per heavy atom. The Hall–Kier alpha value is -0.600. The Morgan fingerprint density at radius 2 is 1.57 bits per heavy atom. The molecule has 0 heterocycles. The number of carbonyl (C=O) groups excluding carboxylic acids is 1. The van der Waals surface area contributed by atoms with E-state index in [9.17, 15) is 9.18 Å². The summed E-state index contributed by atoms with van der Waals surface area (Å²) in [6.07, 6.45) is 12.7. The zero-order valence-electron chi connectivity index (χ0n) is 13.5. The minimum absolute atomic E-state index is 0.0525. The van der Waals surface area contributed by atoms with Crippen molar-refractivity contribution in [3.8, 4) is 0 Å². The second-order valence-corrected chi connectivity index (χ2v) is 7.04. The van der Waals surface area contributed by atoms with Crippen LogP contribution in [0, 0.1) is 17.8 Å². The summed E-state index contributed by atoms with van der Waals surface area (Å²) < 4.78 is 17.4. The Morgan fingerprint density at radius 3 is 2.10 bits per heavy atom. The molecule has 0 amide bonds. The van der Waals surface area contributed by atoms with Crippen LogP contribution in [0.3, 0.4) is 0 Å². The van der Waals surface area contributed by atoms with Gasteiger partial charge in [0, 0.05) is 0 Å². The van der Waals surface area contributed by atoms with Crippen LogP contribution in [0.25, 0.3) is 0 Å². The number of alkyl halides is 1. The van der Waals surface area contributed by atoms with Gasteiger partial charge in [0.2, 0.25) is 0 Å². The summed E-state index contributed by atoms with van der Waals surface area (Å²) in [4.78, 5) is 11.3. The molecule has 0 aromatic rings. The molecule has 2 saturated carbocycles. The topological polar surface area (TPSA) is 26.3 Å². The number of hydrogen-bond donors (Lipinski definition) is 0. The molecule has 2 nitrogen and oxygen atoms in total. The van der Waals surface area contributed by atoms with Gasteiger partial charge in [-0.25, -0.2) is 0 Å². The van der Waals surface area contributed by atoms with Crippen molar-refractivity contribution in [1.82, 2.24) is 0 Å². The van der Waals surface area contributed by atoms with E-state index < -0.39 is 6.67 Å². The summed E-state index contributed by atoms with van der Waals surface area (Å²) in [5.74, 6) is 2.36.